The van der Waals surface area contributed by atoms with Gasteiger partial charge in [-0.15, -0.1) is 0 Å². The molecule has 6 nitrogen and oxygen atoms in total. The average Bonchev–Trinajstić information content (AvgIpc) is 3.05. The standard InChI is InChI=1S/C21H33N5O/c1-7-22-19(24-15-21(5,27)18-12-25-26(6)13-18)23-14-20(3,4)17-10-8-16(2)9-11-17/h8-13,27H,7,14-15H2,1-6H3,(H2,22,23,24). The van der Waals surface area contributed by atoms with E-state index >= 15 is 0 Å². The van der Waals surface area contributed by atoms with E-state index in [9.17, 15) is 5.11 Å². The van der Waals surface area contributed by atoms with Crippen LogP contribution in [0.1, 0.15) is 44.4 Å². The Bertz CT molecular complexity index is 759. The number of guanidine groups is 1. The largest absolute Gasteiger partial charge is 0.383 e. The number of aliphatic hydroxyl groups is 1. The van der Waals surface area contributed by atoms with Gasteiger partial charge in [0.1, 0.15) is 5.60 Å². The van der Waals surface area contributed by atoms with Gasteiger partial charge in [-0.2, -0.15) is 5.10 Å². The van der Waals surface area contributed by atoms with Crippen molar-refractivity contribution in [3.05, 3.63) is 53.3 Å². The Morgan fingerprint density at radius 1 is 1.15 bits per heavy atom. The Hall–Kier alpha value is -2.34. The van der Waals surface area contributed by atoms with Gasteiger partial charge in [0.15, 0.2) is 5.96 Å². The summed E-state index contributed by atoms with van der Waals surface area (Å²) in [7, 11) is 1.84. The zero-order chi connectivity index (χ0) is 20.1. The van der Waals surface area contributed by atoms with Crippen molar-refractivity contribution >= 4 is 5.96 Å². The number of nitrogens with zero attached hydrogens (tertiary/aromatic N) is 3. The normalized spacial score (nSPS) is 14.7. The molecular formula is C21H33N5O. The second-order valence-corrected chi connectivity index (χ2v) is 7.98. The molecule has 3 N–H and O–H groups in total. The molecule has 0 aliphatic rings. The Morgan fingerprint density at radius 3 is 2.37 bits per heavy atom. The average molecular weight is 372 g/mol. The van der Waals surface area contributed by atoms with Crippen LogP contribution < -0.4 is 10.6 Å². The smallest absolute Gasteiger partial charge is 0.191 e. The summed E-state index contributed by atoms with van der Waals surface area (Å²) in [5.41, 5.74) is 2.17. The first-order chi connectivity index (χ1) is 12.6. The van der Waals surface area contributed by atoms with E-state index in [1.807, 2.05) is 20.2 Å². The maximum absolute atomic E-state index is 10.7. The fraction of sp³-hybridized carbons (Fsp3) is 0.524. The van der Waals surface area contributed by atoms with Crippen molar-refractivity contribution in [1.82, 2.24) is 20.4 Å². The van der Waals surface area contributed by atoms with Crippen molar-refractivity contribution in [2.75, 3.05) is 19.6 Å². The molecule has 148 valence electrons. The van der Waals surface area contributed by atoms with Gasteiger partial charge < -0.3 is 15.7 Å². The quantitative estimate of drug-likeness (QED) is 0.516. The lowest BCUT2D eigenvalue weighted by Gasteiger charge is -2.26. The second kappa shape index (κ2) is 8.57. The molecule has 1 unspecified atom stereocenters. The molecule has 2 aromatic rings. The van der Waals surface area contributed by atoms with Gasteiger partial charge in [-0.25, -0.2) is 0 Å². The Kier molecular flexibility index (Phi) is 6.65. The van der Waals surface area contributed by atoms with Crippen LogP contribution in [0.2, 0.25) is 0 Å². The summed E-state index contributed by atoms with van der Waals surface area (Å²) < 4.78 is 1.69. The first kappa shape index (κ1) is 21.0. The molecule has 0 radical (unpaired) electrons. The van der Waals surface area contributed by atoms with Crippen LogP contribution in [0.5, 0.6) is 0 Å². The lowest BCUT2D eigenvalue weighted by molar-refractivity contribution is 0.0616. The molecule has 0 saturated heterocycles. The Morgan fingerprint density at radius 2 is 1.81 bits per heavy atom. The molecule has 1 atom stereocenters. The van der Waals surface area contributed by atoms with E-state index < -0.39 is 5.60 Å². The van der Waals surface area contributed by atoms with E-state index in [4.69, 9.17) is 4.99 Å². The number of aryl methyl sites for hydroxylation is 2. The predicted octanol–water partition coefficient (Wildman–Crippen LogP) is 2.47. The summed E-state index contributed by atoms with van der Waals surface area (Å²) in [5, 5.41) is 21.4. The number of aliphatic imine (C=N–C) groups is 1. The summed E-state index contributed by atoms with van der Waals surface area (Å²) in [6.45, 7) is 12.0. The van der Waals surface area contributed by atoms with Gasteiger partial charge in [-0.3, -0.25) is 9.67 Å². The maximum atomic E-state index is 10.7. The predicted molar refractivity (Wildman–Crippen MR) is 111 cm³/mol. The van der Waals surface area contributed by atoms with E-state index in [2.05, 4.69) is 60.8 Å². The number of hydrogen-bond donors (Lipinski definition) is 3. The molecule has 1 aromatic carbocycles. The highest BCUT2D eigenvalue weighted by Crippen LogP contribution is 2.24. The molecule has 0 aliphatic carbocycles. The summed E-state index contributed by atoms with van der Waals surface area (Å²) in [5.74, 6) is 0.696. The van der Waals surface area contributed by atoms with Gasteiger partial charge in [-0.1, -0.05) is 43.7 Å². The van der Waals surface area contributed by atoms with Crippen LogP contribution in [0, 0.1) is 6.92 Å². The van der Waals surface area contributed by atoms with Crippen molar-refractivity contribution in [2.24, 2.45) is 12.0 Å². The minimum Gasteiger partial charge on any atom is -0.383 e. The fourth-order valence-electron chi connectivity index (χ4n) is 2.77. The van der Waals surface area contributed by atoms with Crippen molar-refractivity contribution in [2.45, 2.75) is 45.6 Å². The van der Waals surface area contributed by atoms with Crippen LogP contribution >= 0.6 is 0 Å². The molecular weight excluding hydrogens is 338 g/mol. The van der Waals surface area contributed by atoms with Gasteiger partial charge in [-0.05, 0) is 26.3 Å². The number of aromatic nitrogens is 2. The van der Waals surface area contributed by atoms with E-state index in [1.165, 1.54) is 11.1 Å². The van der Waals surface area contributed by atoms with E-state index in [0.717, 1.165) is 12.1 Å². The van der Waals surface area contributed by atoms with E-state index in [-0.39, 0.29) is 5.41 Å². The SMILES string of the molecule is CCNC(=NCC(C)(C)c1ccc(C)cc1)NCC(C)(O)c1cnn(C)c1. The van der Waals surface area contributed by atoms with Gasteiger partial charge in [0, 0.05) is 30.8 Å². The third-order valence-corrected chi connectivity index (χ3v) is 4.74. The Balaban J connectivity index is 2.06. The molecule has 1 heterocycles. The molecule has 1 aromatic heterocycles. The second-order valence-electron chi connectivity index (χ2n) is 7.98. The number of benzene rings is 1. The third kappa shape index (κ3) is 5.82. The zero-order valence-electron chi connectivity index (χ0n) is 17.4. The van der Waals surface area contributed by atoms with Gasteiger partial charge in [0.2, 0.25) is 0 Å². The molecule has 0 fully saturated rings. The highest BCUT2D eigenvalue weighted by atomic mass is 16.3. The first-order valence-electron chi connectivity index (χ1n) is 9.45. The summed E-state index contributed by atoms with van der Waals surface area (Å²) in [6.07, 6.45) is 3.51. The molecule has 0 amide bonds. The molecule has 0 aliphatic heterocycles. The van der Waals surface area contributed by atoms with Crippen LogP contribution in [0.3, 0.4) is 0 Å². The number of hydrogen-bond acceptors (Lipinski definition) is 3. The molecule has 0 bridgehead atoms. The monoisotopic (exact) mass is 371 g/mol. The van der Waals surface area contributed by atoms with Crippen LogP contribution in [0.25, 0.3) is 0 Å². The maximum Gasteiger partial charge on any atom is 0.191 e. The van der Waals surface area contributed by atoms with Crippen LogP contribution in [0.4, 0.5) is 0 Å². The van der Waals surface area contributed by atoms with Crippen molar-refractivity contribution in [3.8, 4) is 0 Å². The molecule has 6 heteroatoms. The lowest BCUT2D eigenvalue weighted by Crippen LogP contribution is -2.45. The van der Waals surface area contributed by atoms with Gasteiger partial charge >= 0.3 is 0 Å². The number of nitrogens with one attached hydrogen (secondary N) is 2. The lowest BCUT2D eigenvalue weighted by atomic mass is 9.84. The van der Waals surface area contributed by atoms with Gasteiger partial charge in [0.05, 0.1) is 19.3 Å². The minimum atomic E-state index is -1.03. The van der Waals surface area contributed by atoms with Crippen LogP contribution in [0.15, 0.2) is 41.7 Å². The fourth-order valence-corrected chi connectivity index (χ4v) is 2.77. The van der Waals surface area contributed by atoms with E-state index in [1.54, 1.807) is 17.8 Å². The van der Waals surface area contributed by atoms with Crippen LogP contribution in [-0.4, -0.2) is 40.5 Å². The summed E-state index contributed by atoms with van der Waals surface area (Å²) in [6, 6.07) is 8.60. The third-order valence-electron chi connectivity index (χ3n) is 4.74. The molecule has 0 saturated carbocycles. The van der Waals surface area contributed by atoms with E-state index in [0.29, 0.717) is 19.0 Å². The zero-order valence-corrected chi connectivity index (χ0v) is 17.4. The van der Waals surface area contributed by atoms with Gasteiger partial charge in [0.25, 0.3) is 0 Å². The molecule has 0 spiro atoms. The summed E-state index contributed by atoms with van der Waals surface area (Å²) >= 11 is 0. The van der Waals surface area contributed by atoms with Crippen molar-refractivity contribution in [1.29, 1.82) is 0 Å². The minimum absolute atomic E-state index is 0.0814. The summed E-state index contributed by atoms with van der Waals surface area (Å²) in [4.78, 5) is 4.75. The highest BCUT2D eigenvalue weighted by molar-refractivity contribution is 5.79. The molecule has 2 rings (SSSR count). The number of rotatable bonds is 7. The molecule has 27 heavy (non-hydrogen) atoms. The highest BCUT2D eigenvalue weighted by Gasteiger charge is 2.25. The Labute approximate surface area is 162 Å². The first-order valence-corrected chi connectivity index (χ1v) is 9.45. The van der Waals surface area contributed by atoms with Crippen LogP contribution in [-0.2, 0) is 18.1 Å². The topological polar surface area (TPSA) is 74.5 Å². The van der Waals surface area contributed by atoms with Crippen molar-refractivity contribution in [3.63, 3.8) is 0 Å². The van der Waals surface area contributed by atoms with Crippen molar-refractivity contribution < 1.29 is 5.11 Å².